The SMILES string of the molecule is CC(C)O.COc1cccc(OC)c1-n1c(NSC(C)Cc2ncc(Cl)cn2)nnc1C1CCC(=O)N1. The van der Waals surface area contributed by atoms with Crippen molar-refractivity contribution in [1.82, 2.24) is 30.0 Å². The summed E-state index contributed by atoms with van der Waals surface area (Å²) < 4.78 is 16.4. The third-order valence-corrected chi connectivity index (χ3v) is 6.18. The zero-order valence-corrected chi connectivity index (χ0v) is 23.0. The smallest absolute Gasteiger partial charge is 0.239 e. The lowest BCUT2D eigenvalue weighted by Gasteiger charge is -2.20. The van der Waals surface area contributed by atoms with Crippen LogP contribution in [0.5, 0.6) is 11.5 Å². The minimum absolute atomic E-state index is 0.0120. The molecule has 2 atom stereocenters. The summed E-state index contributed by atoms with van der Waals surface area (Å²) in [5.74, 6) is 2.96. The van der Waals surface area contributed by atoms with Crippen molar-refractivity contribution in [2.24, 2.45) is 0 Å². The summed E-state index contributed by atoms with van der Waals surface area (Å²) in [4.78, 5) is 20.4. The number of aliphatic hydroxyl groups is 1. The number of rotatable bonds is 9. The molecule has 11 nitrogen and oxygen atoms in total. The number of hydrogen-bond acceptors (Lipinski definition) is 10. The molecule has 2 aromatic heterocycles. The van der Waals surface area contributed by atoms with Gasteiger partial charge >= 0.3 is 0 Å². The van der Waals surface area contributed by atoms with E-state index >= 15 is 0 Å². The number of hydrogen-bond donors (Lipinski definition) is 3. The lowest BCUT2D eigenvalue weighted by atomic mass is 10.2. The highest BCUT2D eigenvalue weighted by molar-refractivity contribution is 8.01. The van der Waals surface area contributed by atoms with E-state index in [1.165, 1.54) is 11.9 Å². The number of methoxy groups -OCH3 is 2. The van der Waals surface area contributed by atoms with Crippen molar-refractivity contribution < 1.29 is 19.4 Å². The van der Waals surface area contributed by atoms with Crippen LogP contribution in [0.25, 0.3) is 5.69 Å². The average molecular weight is 550 g/mol. The normalized spacial score (nSPS) is 15.6. The number of halogens is 1. The first kappa shape index (κ1) is 28.5. The summed E-state index contributed by atoms with van der Waals surface area (Å²) in [5, 5.41) is 20.4. The monoisotopic (exact) mass is 549 g/mol. The van der Waals surface area contributed by atoms with Gasteiger partial charge in [-0.05, 0) is 44.3 Å². The molecule has 3 N–H and O–H groups in total. The number of ether oxygens (including phenoxy) is 2. The van der Waals surface area contributed by atoms with E-state index in [1.807, 2.05) is 22.8 Å². The van der Waals surface area contributed by atoms with Crippen LogP contribution < -0.4 is 19.5 Å². The number of anilines is 1. The van der Waals surface area contributed by atoms with Crippen LogP contribution >= 0.6 is 23.5 Å². The molecular weight excluding hydrogens is 518 g/mol. The van der Waals surface area contributed by atoms with Crippen molar-refractivity contribution in [2.45, 2.75) is 57.4 Å². The number of carbonyl (C=O) groups is 1. The second-order valence-corrected chi connectivity index (χ2v) is 10.2. The van der Waals surface area contributed by atoms with Crippen LogP contribution in [0.1, 0.15) is 51.3 Å². The molecule has 0 bridgehead atoms. The number of nitrogens with zero attached hydrogens (tertiary/aromatic N) is 5. The molecule has 1 amide bonds. The predicted octanol–water partition coefficient (Wildman–Crippen LogP) is 3.76. The topological polar surface area (TPSA) is 136 Å². The highest BCUT2D eigenvalue weighted by atomic mass is 35.5. The van der Waals surface area contributed by atoms with Gasteiger partial charge in [-0.25, -0.2) is 9.97 Å². The van der Waals surface area contributed by atoms with Gasteiger partial charge in [0.1, 0.15) is 23.0 Å². The Hall–Kier alpha value is -3.09. The summed E-state index contributed by atoms with van der Waals surface area (Å²) in [6, 6.07) is 5.26. The first-order valence-electron chi connectivity index (χ1n) is 11.8. The van der Waals surface area contributed by atoms with E-state index in [1.54, 1.807) is 40.5 Å². The Morgan fingerprint density at radius 1 is 1.19 bits per heavy atom. The molecule has 3 aromatic rings. The summed E-state index contributed by atoms with van der Waals surface area (Å²) in [5.41, 5.74) is 0.653. The number of nitrogens with one attached hydrogen (secondary N) is 2. The minimum Gasteiger partial charge on any atom is -0.494 e. The molecule has 1 aromatic carbocycles. The Kier molecular flexibility index (Phi) is 10.4. The van der Waals surface area contributed by atoms with Crippen molar-refractivity contribution in [2.75, 3.05) is 18.9 Å². The van der Waals surface area contributed by atoms with Gasteiger partial charge < -0.3 is 19.9 Å². The largest absolute Gasteiger partial charge is 0.494 e. The van der Waals surface area contributed by atoms with Gasteiger partial charge in [0.05, 0.1) is 25.3 Å². The Morgan fingerprint density at radius 3 is 2.35 bits per heavy atom. The highest BCUT2D eigenvalue weighted by Gasteiger charge is 2.31. The molecule has 0 radical (unpaired) electrons. The van der Waals surface area contributed by atoms with Crippen molar-refractivity contribution in [3.05, 3.63) is 47.3 Å². The van der Waals surface area contributed by atoms with Crippen LogP contribution in [0.2, 0.25) is 5.02 Å². The molecule has 13 heteroatoms. The molecule has 0 aliphatic carbocycles. The maximum absolute atomic E-state index is 11.9. The zero-order chi connectivity index (χ0) is 26.9. The summed E-state index contributed by atoms with van der Waals surface area (Å²) in [7, 11) is 3.19. The van der Waals surface area contributed by atoms with Gasteiger partial charge in [-0.15, -0.1) is 10.2 Å². The number of benzene rings is 1. The fourth-order valence-corrected chi connectivity index (χ4v) is 4.33. The number of carbonyl (C=O) groups excluding carboxylic acids is 1. The third-order valence-electron chi connectivity index (χ3n) is 5.12. The van der Waals surface area contributed by atoms with Crippen LogP contribution in [0.3, 0.4) is 0 Å². The molecule has 1 fully saturated rings. The molecule has 3 heterocycles. The Morgan fingerprint density at radius 2 is 1.81 bits per heavy atom. The van der Waals surface area contributed by atoms with Gasteiger partial charge in [-0.3, -0.25) is 14.1 Å². The quantitative estimate of drug-likeness (QED) is 0.338. The van der Waals surface area contributed by atoms with Crippen molar-refractivity contribution in [1.29, 1.82) is 0 Å². The lowest BCUT2D eigenvalue weighted by Crippen LogP contribution is -2.22. The second kappa shape index (κ2) is 13.5. The van der Waals surface area contributed by atoms with Crippen molar-refractivity contribution in [3.63, 3.8) is 0 Å². The number of para-hydroxylation sites is 1. The van der Waals surface area contributed by atoms with Gasteiger partial charge in [-0.1, -0.05) is 24.6 Å². The maximum atomic E-state index is 11.9. The summed E-state index contributed by atoms with van der Waals surface area (Å²) in [6.45, 7) is 5.50. The zero-order valence-electron chi connectivity index (χ0n) is 21.4. The van der Waals surface area contributed by atoms with E-state index in [4.69, 9.17) is 26.2 Å². The minimum atomic E-state index is -0.264. The molecule has 0 saturated carbocycles. The van der Waals surface area contributed by atoms with Gasteiger partial charge in [-0.2, -0.15) is 0 Å². The van der Waals surface area contributed by atoms with E-state index in [-0.39, 0.29) is 23.3 Å². The van der Waals surface area contributed by atoms with E-state index in [2.05, 4.69) is 37.1 Å². The number of aromatic nitrogens is 5. The molecular formula is C24H32ClN7O4S. The number of amides is 1. The molecule has 0 spiro atoms. The van der Waals surface area contributed by atoms with Gasteiger partial charge in [0, 0.05) is 36.6 Å². The van der Waals surface area contributed by atoms with E-state index in [0.29, 0.717) is 59.1 Å². The highest BCUT2D eigenvalue weighted by Crippen LogP contribution is 2.38. The molecule has 37 heavy (non-hydrogen) atoms. The summed E-state index contributed by atoms with van der Waals surface area (Å²) in [6.07, 6.45) is 4.71. The van der Waals surface area contributed by atoms with Gasteiger partial charge in [0.15, 0.2) is 5.82 Å². The first-order valence-corrected chi connectivity index (χ1v) is 13.0. The predicted molar refractivity (Wildman–Crippen MR) is 143 cm³/mol. The fraction of sp³-hybridized carbons (Fsp3) is 0.458. The Balaban J connectivity index is 0.000000886. The van der Waals surface area contributed by atoms with E-state index < -0.39 is 0 Å². The first-order chi connectivity index (χ1) is 17.7. The van der Waals surface area contributed by atoms with Crippen LogP contribution in [0.4, 0.5) is 5.95 Å². The van der Waals surface area contributed by atoms with E-state index in [0.717, 1.165) is 0 Å². The molecule has 2 unspecified atom stereocenters. The third kappa shape index (κ3) is 7.70. The van der Waals surface area contributed by atoms with Gasteiger partial charge in [0.25, 0.3) is 0 Å². The molecule has 1 saturated heterocycles. The average Bonchev–Trinajstić information content (AvgIpc) is 3.49. The second-order valence-electron chi connectivity index (χ2n) is 8.53. The molecule has 1 aliphatic heterocycles. The standard InChI is InChI=1S/C21H24ClN7O3S.C3H8O/c1-12(9-17-23-10-13(22)11-24-17)33-28-21-27-26-20(14-7-8-18(30)25-14)29(21)19-15(31-2)5-4-6-16(19)32-3;1-3(2)4/h4-6,10-12,14H,7-9H2,1-3H3,(H,25,30)(H,27,28);3-4H,1-2H3. The Bertz CT molecular complexity index is 1150. The van der Waals surface area contributed by atoms with Crippen LogP contribution in [-0.4, -0.2) is 61.3 Å². The maximum Gasteiger partial charge on any atom is 0.239 e. The van der Waals surface area contributed by atoms with E-state index in [9.17, 15) is 4.79 Å². The van der Waals surface area contributed by atoms with Crippen LogP contribution in [0.15, 0.2) is 30.6 Å². The lowest BCUT2D eigenvalue weighted by molar-refractivity contribution is -0.119. The van der Waals surface area contributed by atoms with Crippen LogP contribution in [0, 0.1) is 0 Å². The fourth-order valence-electron chi connectivity index (χ4n) is 3.56. The Labute approximate surface area is 225 Å². The van der Waals surface area contributed by atoms with Gasteiger partial charge in [0.2, 0.25) is 11.9 Å². The number of aliphatic hydroxyl groups excluding tert-OH is 1. The summed E-state index contributed by atoms with van der Waals surface area (Å²) >= 11 is 7.34. The van der Waals surface area contributed by atoms with Crippen molar-refractivity contribution >= 4 is 35.4 Å². The molecule has 4 rings (SSSR count). The molecule has 1 aliphatic rings. The van der Waals surface area contributed by atoms with Crippen LogP contribution in [-0.2, 0) is 11.2 Å². The van der Waals surface area contributed by atoms with Crippen molar-refractivity contribution in [3.8, 4) is 17.2 Å². The molecule has 200 valence electrons.